The number of hydrogen-bond donors (Lipinski definition) is 1. The van der Waals surface area contributed by atoms with Gasteiger partial charge in [0.1, 0.15) is 6.61 Å². The third-order valence-corrected chi connectivity index (χ3v) is 3.75. The standard InChI is InChI=1S/C16H25N3O3/c1-13-4-5-14(15(12-13)21-3)22-11-6-17-16(20)19-9-7-18(2)8-10-19/h4-5,12H,6-11H2,1-3H3,(H,17,20). The van der Waals surface area contributed by atoms with E-state index in [1.54, 1.807) is 7.11 Å². The fourth-order valence-electron chi connectivity index (χ4n) is 2.33. The lowest BCUT2D eigenvalue weighted by atomic mass is 10.2. The van der Waals surface area contributed by atoms with Gasteiger partial charge in [-0.25, -0.2) is 4.79 Å². The molecule has 1 heterocycles. The lowest BCUT2D eigenvalue weighted by Crippen LogP contribution is -2.51. The van der Waals surface area contributed by atoms with E-state index >= 15 is 0 Å². The van der Waals surface area contributed by atoms with Gasteiger partial charge >= 0.3 is 6.03 Å². The first-order valence-electron chi connectivity index (χ1n) is 7.59. The molecule has 1 aromatic carbocycles. The maximum Gasteiger partial charge on any atom is 0.317 e. The average molecular weight is 307 g/mol. The van der Waals surface area contributed by atoms with Gasteiger partial charge in [-0.2, -0.15) is 0 Å². The summed E-state index contributed by atoms with van der Waals surface area (Å²) in [6.07, 6.45) is 0. The lowest BCUT2D eigenvalue weighted by molar-refractivity contribution is 0.153. The number of nitrogens with one attached hydrogen (secondary N) is 1. The van der Waals surface area contributed by atoms with Crippen LogP contribution in [0.4, 0.5) is 4.79 Å². The van der Waals surface area contributed by atoms with Crippen molar-refractivity contribution in [3.05, 3.63) is 23.8 Å². The quantitative estimate of drug-likeness (QED) is 0.834. The normalized spacial score (nSPS) is 15.5. The Bertz CT molecular complexity index is 499. The summed E-state index contributed by atoms with van der Waals surface area (Å²) >= 11 is 0. The molecular formula is C16H25N3O3. The molecular weight excluding hydrogens is 282 g/mol. The van der Waals surface area contributed by atoms with Crippen molar-refractivity contribution in [2.45, 2.75) is 6.92 Å². The molecule has 1 N–H and O–H groups in total. The van der Waals surface area contributed by atoms with Gasteiger partial charge in [0.05, 0.1) is 13.7 Å². The highest BCUT2D eigenvalue weighted by atomic mass is 16.5. The number of carbonyl (C=O) groups is 1. The minimum absolute atomic E-state index is 0.0208. The summed E-state index contributed by atoms with van der Waals surface area (Å²) in [6.45, 7) is 6.28. The van der Waals surface area contributed by atoms with Crippen molar-refractivity contribution in [1.29, 1.82) is 0 Å². The number of nitrogens with zero attached hydrogens (tertiary/aromatic N) is 2. The third kappa shape index (κ3) is 4.53. The van der Waals surface area contributed by atoms with Crippen molar-refractivity contribution in [2.24, 2.45) is 0 Å². The molecule has 0 aliphatic carbocycles. The highest BCUT2D eigenvalue weighted by molar-refractivity contribution is 5.74. The highest BCUT2D eigenvalue weighted by Crippen LogP contribution is 2.27. The van der Waals surface area contributed by atoms with Gasteiger partial charge in [-0.3, -0.25) is 0 Å². The molecule has 1 aliphatic heterocycles. The zero-order valence-corrected chi connectivity index (χ0v) is 13.6. The van der Waals surface area contributed by atoms with E-state index in [0.29, 0.717) is 24.7 Å². The summed E-state index contributed by atoms with van der Waals surface area (Å²) in [7, 11) is 3.69. The monoisotopic (exact) mass is 307 g/mol. The molecule has 0 aromatic heterocycles. The van der Waals surface area contributed by atoms with E-state index in [2.05, 4.69) is 17.3 Å². The van der Waals surface area contributed by atoms with Crippen LogP contribution in [-0.2, 0) is 0 Å². The maximum atomic E-state index is 12.0. The van der Waals surface area contributed by atoms with Crippen molar-refractivity contribution in [2.75, 3.05) is 53.5 Å². The van der Waals surface area contributed by atoms with Gasteiger partial charge < -0.3 is 24.6 Å². The van der Waals surface area contributed by atoms with Gasteiger partial charge in [0.15, 0.2) is 11.5 Å². The Morgan fingerprint density at radius 2 is 1.95 bits per heavy atom. The number of aryl methyl sites for hydroxylation is 1. The van der Waals surface area contributed by atoms with Crippen molar-refractivity contribution in [3.8, 4) is 11.5 Å². The predicted molar refractivity (Wildman–Crippen MR) is 85.7 cm³/mol. The topological polar surface area (TPSA) is 54.0 Å². The number of piperazine rings is 1. The number of likely N-dealkylation sites (N-methyl/N-ethyl adjacent to an activating group) is 1. The number of rotatable bonds is 5. The first-order valence-corrected chi connectivity index (χ1v) is 7.59. The zero-order chi connectivity index (χ0) is 15.9. The molecule has 1 aromatic rings. The van der Waals surface area contributed by atoms with Crippen LogP contribution in [0.1, 0.15) is 5.56 Å². The third-order valence-electron chi connectivity index (χ3n) is 3.75. The van der Waals surface area contributed by atoms with E-state index in [0.717, 1.165) is 31.7 Å². The predicted octanol–water partition coefficient (Wildman–Crippen LogP) is 1.34. The number of methoxy groups -OCH3 is 1. The van der Waals surface area contributed by atoms with Gasteiger partial charge in [-0.05, 0) is 31.7 Å². The summed E-state index contributed by atoms with van der Waals surface area (Å²) in [6, 6.07) is 5.77. The van der Waals surface area contributed by atoms with Gasteiger partial charge in [0, 0.05) is 26.2 Å². The SMILES string of the molecule is COc1cc(C)ccc1OCCNC(=O)N1CCN(C)CC1. The molecule has 0 bridgehead atoms. The minimum atomic E-state index is -0.0208. The Kier molecular flexibility index (Phi) is 5.89. The van der Waals surface area contributed by atoms with Crippen LogP contribution in [-0.4, -0.2) is 69.3 Å². The number of amides is 2. The first kappa shape index (κ1) is 16.4. The number of carbonyl (C=O) groups excluding carboxylic acids is 1. The second kappa shape index (κ2) is 7.89. The van der Waals surface area contributed by atoms with Crippen molar-refractivity contribution in [3.63, 3.8) is 0 Å². The summed E-state index contributed by atoms with van der Waals surface area (Å²) in [5.74, 6) is 1.41. The zero-order valence-electron chi connectivity index (χ0n) is 13.6. The van der Waals surface area contributed by atoms with E-state index in [1.807, 2.05) is 30.0 Å². The molecule has 0 spiro atoms. The van der Waals surface area contributed by atoms with Gasteiger partial charge in [-0.15, -0.1) is 0 Å². The summed E-state index contributed by atoms with van der Waals surface area (Å²) in [4.78, 5) is 16.1. The van der Waals surface area contributed by atoms with Crippen LogP contribution in [0.5, 0.6) is 11.5 Å². The fourth-order valence-corrected chi connectivity index (χ4v) is 2.33. The Hall–Kier alpha value is -1.95. The van der Waals surface area contributed by atoms with E-state index in [1.165, 1.54) is 0 Å². The molecule has 0 radical (unpaired) electrons. The second-order valence-electron chi connectivity index (χ2n) is 5.53. The highest BCUT2D eigenvalue weighted by Gasteiger charge is 2.18. The molecule has 2 amide bonds. The Morgan fingerprint density at radius 1 is 1.23 bits per heavy atom. The molecule has 2 rings (SSSR count). The minimum Gasteiger partial charge on any atom is -0.493 e. The summed E-state index contributed by atoms with van der Waals surface area (Å²) in [5.41, 5.74) is 1.12. The molecule has 0 atom stereocenters. The molecule has 22 heavy (non-hydrogen) atoms. The maximum absolute atomic E-state index is 12.0. The van der Waals surface area contributed by atoms with E-state index < -0.39 is 0 Å². The smallest absolute Gasteiger partial charge is 0.317 e. The van der Waals surface area contributed by atoms with Crippen LogP contribution < -0.4 is 14.8 Å². The van der Waals surface area contributed by atoms with Crippen LogP contribution in [0.3, 0.4) is 0 Å². The molecule has 122 valence electrons. The molecule has 6 heteroatoms. The van der Waals surface area contributed by atoms with Crippen molar-refractivity contribution < 1.29 is 14.3 Å². The van der Waals surface area contributed by atoms with Crippen LogP contribution >= 0.6 is 0 Å². The van der Waals surface area contributed by atoms with Gasteiger partial charge in [0.2, 0.25) is 0 Å². The second-order valence-corrected chi connectivity index (χ2v) is 5.53. The van der Waals surface area contributed by atoms with Gasteiger partial charge in [-0.1, -0.05) is 6.07 Å². The molecule has 6 nitrogen and oxygen atoms in total. The van der Waals surface area contributed by atoms with Crippen molar-refractivity contribution >= 4 is 6.03 Å². The summed E-state index contributed by atoms with van der Waals surface area (Å²) in [5, 5.41) is 2.89. The number of urea groups is 1. The number of benzene rings is 1. The number of ether oxygens (including phenoxy) is 2. The average Bonchev–Trinajstić information content (AvgIpc) is 2.53. The fraction of sp³-hybridized carbons (Fsp3) is 0.562. The van der Waals surface area contributed by atoms with Crippen LogP contribution in [0.2, 0.25) is 0 Å². The Balaban J connectivity index is 1.72. The Labute approximate surface area is 132 Å². The Morgan fingerprint density at radius 3 is 2.64 bits per heavy atom. The van der Waals surface area contributed by atoms with E-state index in [-0.39, 0.29) is 6.03 Å². The summed E-state index contributed by atoms with van der Waals surface area (Å²) < 4.78 is 11.0. The van der Waals surface area contributed by atoms with E-state index in [9.17, 15) is 4.79 Å². The lowest BCUT2D eigenvalue weighted by Gasteiger charge is -2.32. The largest absolute Gasteiger partial charge is 0.493 e. The van der Waals surface area contributed by atoms with Crippen LogP contribution in [0.25, 0.3) is 0 Å². The van der Waals surface area contributed by atoms with Crippen LogP contribution in [0.15, 0.2) is 18.2 Å². The molecule has 1 fully saturated rings. The van der Waals surface area contributed by atoms with Crippen molar-refractivity contribution in [1.82, 2.24) is 15.1 Å². The first-order chi connectivity index (χ1) is 10.6. The van der Waals surface area contributed by atoms with Crippen LogP contribution in [0, 0.1) is 6.92 Å². The molecule has 1 saturated heterocycles. The molecule has 0 saturated carbocycles. The van der Waals surface area contributed by atoms with Gasteiger partial charge in [0.25, 0.3) is 0 Å². The number of hydrogen-bond acceptors (Lipinski definition) is 4. The molecule has 0 unspecified atom stereocenters. The van der Waals surface area contributed by atoms with E-state index in [4.69, 9.17) is 9.47 Å². The molecule has 1 aliphatic rings.